The van der Waals surface area contributed by atoms with E-state index in [0.29, 0.717) is 31.1 Å². The lowest BCUT2D eigenvalue weighted by Crippen LogP contribution is -2.14. The molecule has 9 heteroatoms. The molecule has 2 aromatic rings. The molecule has 1 aromatic carbocycles. The number of rotatable bonds is 10. The molecule has 0 saturated carbocycles. The third kappa shape index (κ3) is 7.94. The zero-order valence-electron chi connectivity index (χ0n) is 16.4. The van der Waals surface area contributed by atoms with Crippen LogP contribution in [0.15, 0.2) is 64.9 Å². The van der Waals surface area contributed by atoms with Gasteiger partial charge in [0.1, 0.15) is 5.75 Å². The summed E-state index contributed by atoms with van der Waals surface area (Å²) < 4.78 is 47.8. The first-order valence-electron chi connectivity index (χ1n) is 9.20. The molecule has 1 aromatic heterocycles. The number of ether oxygens (including phenoxy) is 2. The zero-order valence-corrected chi connectivity index (χ0v) is 16.4. The van der Waals surface area contributed by atoms with Gasteiger partial charge in [0.2, 0.25) is 5.88 Å². The third-order valence-corrected chi connectivity index (χ3v) is 3.82. The minimum Gasteiger partial charge on any atom is -0.478 e. The average molecular weight is 421 g/mol. The third-order valence-electron chi connectivity index (χ3n) is 3.82. The van der Waals surface area contributed by atoms with E-state index in [0.717, 1.165) is 17.3 Å². The maximum absolute atomic E-state index is 12.2. The Kier molecular flexibility index (Phi) is 8.40. The van der Waals surface area contributed by atoms with Crippen molar-refractivity contribution in [3.8, 4) is 11.6 Å². The molecular formula is C21H22F3N3O3. The molecule has 1 heterocycles. The van der Waals surface area contributed by atoms with E-state index in [9.17, 15) is 18.0 Å². The van der Waals surface area contributed by atoms with Gasteiger partial charge in [-0.15, -0.1) is 0 Å². The summed E-state index contributed by atoms with van der Waals surface area (Å²) in [4.78, 5) is 21.3. The van der Waals surface area contributed by atoms with Crippen molar-refractivity contribution < 1.29 is 22.6 Å². The highest BCUT2D eigenvalue weighted by molar-refractivity contribution is 5.59. The lowest BCUT2D eigenvalue weighted by atomic mass is 10.1. The molecular weight excluding hydrogens is 399 g/mol. The van der Waals surface area contributed by atoms with Crippen LogP contribution in [0.4, 0.5) is 13.2 Å². The second-order valence-electron chi connectivity index (χ2n) is 6.11. The number of nitrogens with one attached hydrogen (secondary N) is 1. The number of halogens is 3. The summed E-state index contributed by atoms with van der Waals surface area (Å²) in [6.07, 6.45) is 0.764. The summed E-state index contributed by atoms with van der Waals surface area (Å²) in [7, 11) is 0. The van der Waals surface area contributed by atoms with Crippen molar-refractivity contribution in [3.05, 3.63) is 76.7 Å². The number of nitrogens with zero attached hydrogens (tertiary/aromatic N) is 2. The van der Waals surface area contributed by atoms with E-state index >= 15 is 0 Å². The van der Waals surface area contributed by atoms with Crippen LogP contribution in [0, 0.1) is 0 Å². The lowest BCUT2D eigenvalue weighted by molar-refractivity contribution is -0.120. The van der Waals surface area contributed by atoms with Crippen molar-refractivity contribution in [2.45, 2.75) is 32.4 Å². The van der Waals surface area contributed by atoms with Gasteiger partial charge in [0.15, 0.2) is 5.88 Å². The molecule has 0 aliphatic rings. The fourth-order valence-corrected chi connectivity index (χ4v) is 2.34. The standard InChI is InChI=1S/C21H22F3N3O3/c1-3-5-18(25-12-11-21(22,23)24)30-17-8-6-15(7-9-17)10-13-29-19-16(4-2)14-26-20(28)27-19/h3,5-9,12,14H,1,4,10-11,13H2,2H3,(H,26,27,28)/b18-5+,25-12-. The highest BCUT2D eigenvalue weighted by Crippen LogP contribution is 2.20. The molecule has 160 valence electrons. The molecule has 0 atom stereocenters. The van der Waals surface area contributed by atoms with Crippen LogP contribution in [-0.2, 0) is 12.8 Å². The molecule has 0 amide bonds. The maximum Gasteiger partial charge on any atom is 0.393 e. The summed E-state index contributed by atoms with van der Waals surface area (Å²) in [6.45, 7) is 5.77. The zero-order chi connectivity index (χ0) is 22.0. The van der Waals surface area contributed by atoms with Crippen molar-refractivity contribution in [2.75, 3.05) is 6.61 Å². The first-order chi connectivity index (χ1) is 14.3. The van der Waals surface area contributed by atoms with Gasteiger partial charge < -0.3 is 9.47 Å². The Balaban J connectivity index is 1.92. The monoisotopic (exact) mass is 421 g/mol. The van der Waals surface area contributed by atoms with E-state index in [-0.39, 0.29) is 5.88 Å². The summed E-state index contributed by atoms with van der Waals surface area (Å²) in [5, 5.41) is 0. The summed E-state index contributed by atoms with van der Waals surface area (Å²) in [6, 6.07) is 6.97. The Bertz CT molecular complexity index is 948. The average Bonchev–Trinajstić information content (AvgIpc) is 2.69. The van der Waals surface area contributed by atoms with Crippen molar-refractivity contribution in [1.29, 1.82) is 0 Å². The highest BCUT2D eigenvalue weighted by atomic mass is 19.4. The number of hydrogen-bond donors (Lipinski definition) is 1. The number of hydrogen-bond acceptors (Lipinski definition) is 5. The van der Waals surface area contributed by atoms with Crippen molar-refractivity contribution in [2.24, 2.45) is 4.99 Å². The Morgan fingerprint density at radius 3 is 2.67 bits per heavy atom. The summed E-state index contributed by atoms with van der Waals surface area (Å²) >= 11 is 0. The predicted molar refractivity (Wildman–Crippen MR) is 108 cm³/mol. The summed E-state index contributed by atoms with van der Waals surface area (Å²) in [5.41, 5.74) is 1.29. The molecule has 0 spiro atoms. The molecule has 0 unspecified atom stereocenters. The Morgan fingerprint density at radius 1 is 1.30 bits per heavy atom. The second-order valence-corrected chi connectivity index (χ2v) is 6.11. The fraction of sp³-hybridized carbons (Fsp3) is 0.286. The number of H-pyrrole nitrogens is 1. The van der Waals surface area contributed by atoms with Crippen molar-refractivity contribution in [3.63, 3.8) is 0 Å². The normalized spacial score (nSPS) is 12.2. The van der Waals surface area contributed by atoms with Gasteiger partial charge in [-0.05, 0) is 24.1 Å². The van der Waals surface area contributed by atoms with Crippen LogP contribution in [0.2, 0.25) is 0 Å². The van der Waals surface area contributed by atoms with Gasteiger partial charge in [0.05, 0.1) is 13.0 Å². The first-order valence-corrected chi connectivity index (χ1v) is 9.20. The van der Waals surface area contributed by atoms with Gasteiger partial charge in [-0.3, -0.25) is 4.98 Å². The number of benzene rings is 1. The van der Waals surface area contributed by atoms with Crippen LogP contribution in [0.25, 0.3) is 0 Å². The van der Waals surface area contributed by atoms with Gasteiger partial charge in [-0.2, -0.15) is 13.2 Å². The maximum atomic E-state index is 12.2. The molecule has 0 aliphatic carbocycles. The van der Waals surface area contributed by atoms with Crippen LogP contribution >= 0.6 is 0 Å². The molecule has 30 heavy (non-hydrogen) atoms. The van der Waals surface area contributed by atoms with E-state index in [1.54, 1.807) is 24.3 Å². The predicted octanol–water partition coefficient (Wildman–Crippen LogP) is 4.38. The number of alkyl halides is 3. The number of allylic oxidation sites excluding steroid dienone is 2. The van der Waals surface area contributed by atoms with Crippen LogP contribution < -0.4 is 15.2 Å². The van der Waals surface area contributed by atoms with Gasteiger partial charge in [-0.25, -0.2) is 14.8 Å². The molecule has 2 rings (SSSR count). The number of aromatic nitrogens is 2. The lowest BCUT2D eigenvalue weighted by Gasteiger charge is -2.10. The number of aromatic amines is 1. The molecule has 6 nitrogen and oxygen atoms in total. The SMILES string of the molecule is C=C/C=C(\N=C/CC(F)(F)F)Oc1ccc(CCOc2[nH]c(=O)ncc2CC)cc1. The van der Waals surface area contributed by atoms with E-state index in [4.69, 9.17) is 9.47 Å². The highest BCUT2D eigenvalue weighted by Gasteiger charge is 2.25. The van der Waals surface area contributed by atoms with E-state index in [1.165, 1.54) is 18.3 Å². The molecule has 0 fully saturated rings. The van der Waals surface area contributed by atoms with E-state index < -0.39 is 18.3 Å². The van der Waals surface area contributed by atoms with Crippen LogP contribution in [0.3, 0.4) is 0 Å². The minimum atomic E-state index is -4.33. The molecule has 0 aliphatic heterocycles. The minimum absolute atomic E-state index is 0.000861. The molecule has 1 N–H and O–H groups in total. The Hall–Kier alpha value is -3.36. The van der Waals surface area contributed by atoms with Crippen molar-refractivity contribution in [1.82, 2.24) is 9.97 Å². The topological polar surface area (TPSA) is 76.6 Å². The van der Waals surface area contributed by atoms with E-state index in [2.05, 4.69) is 21.5 Å². The molecule has 0 saturated heterocycles. The number of aliphatic imine (C=N–C) groups is 1. The van der Waals surface area contributed by atoms with Gasteiger partial charge in [0.25, 0.3) is 0 Å². The van der Waals surface area contributed by atoms with E-state index in [1.807, 2.05) is 6.92 Å². The van der Waals surface area contributed by atoms with Crippen molar-refractivity contribution >= 4 is 6.21 Å². The summed E-state index contributed by atoms with van der Waals surface area (Å²) in [5.74, 6) is 0.830. The van der Waals surface area contributed by atoms with Crippen LogP contribution in [0.1, 0.15) is 24.5 Å². The van der Waals surface area contributed by atoms with Gasteiger partial charge in [-0.1, -0.05) is 31.7 Å². The van der Waals surface area contributed by atoms with Crippen LogP contribution in [0.5, 0.6) is 11.6 Å². The quantitative estimate of drug-likeness (QED) is 0.351. The Morgan fingerprint density at radius 2 is 2.03 bits per heavy atom. The second kappa shape index (κ2) is 11.0. The first kappa shape index (κ1) is 22.9. The van der Waals surface area contributed by atoms with Crippen LogP contribution in [-0.4, -0.2) is 29.0 Å². The molecule has 0 bridgehead atoms. The number of aryl methyl sites for hydroxylation is 1. The largest absolute Gasteiger partial charge is 0.478 e. The molecule has 0 radical (unpaired) electrons. The Labute approximate surface area is 171 Å². The van der Waals surface area contributed by atoms with Gasteiger partial charge >= 0.3 is 11.9 Å². The smallest absolute Gasteiger partial charge is 0.393 e. The van der Waals surface area contributed by atoms with Gasteiger partial charge in [0, 0.05) is 30.5 Å². The fourth-order valence-electron chi connectivity index (χ4n) is 2.34.